The normalized spacial score (nSPS) is 9.82. The number of benzene rings is 1. The summed E-state index contributed by atoms with van der Waals surface area (Å²) in [5, 5.41) is 0. The van der Waals surface area contributed by atoms with E-state index in [-0.39, 0.29) is 19.0 Å². The molecule has 1 rings (SSSR count). The molecule has 5 heteroatoms. The lowest BCUT2D eigenvalue weighted by atomic mass is 10.2. The number of methoxy groups -OCH3 is 2. The van der Waals surface area contributed by atoms with E-state index in [0.717, 1.165) is 5.56 Å². The third-order valence-electron chi connectivity index (χ3n) is 2.26. The number of carbonyl (C=O) groups excluding carboxylic acids is 1. The zero-order valence-corrected chi connectivity index (χ0v) is 10.1. The fraction of sp³-hybridized carbons (Fsp3) is 0.417. The van der Waals surface area contributed by atoms with Gasteiger partial charge in [-0.1, -0.05) is 6.07 Å². The Morgan fingerprint density at radius 2 is 2.06 bits per heavy atom. The van der Waals surface area contributed by atoms with E-state index in [1.807, 2.05) is 6.07 Å². The molecule has 0 saturated heterocycles. The van der Waals surface area contributed by atoms with E-state index < -0.39 is 0 Å². The van der Waals surface area contributed by atoms with E-state index in [0.29, 0.717) is 18.0 Å². The summed E-state index contributed by atoms with van der Waals surface area (Å²) in [7, 11) is 2.91. The van der Waals surface area contributed by atoms with Crippen LogP contribution in [0.4, 0.5) is 0 Å². The number of hydrogen-bond acceptors (Lipinski definition) is 5. The van der Waals surface area contributed by atoms with E-state index >= 15 is 0 Å². The molecule has 1 aromatic rings. The van der Waals surface area contributed by atoms with Crippen LogP contribution in [0.3, 0.4) is 0 Å². The molecule has 2 N–H and O–H groups in total. The highest BCUT2D eigenvalue weighted by atomic mass is 16.5. The average molecular weight is 239 g/mol. The SMILES string of the molecule is COC(=O)CCOc1cc(CN)ccc1OC. The molecule has 0 saturated carbocycles. The Morgan fingerprint density at radius 3 is 2.65 bits per heavy atom. The molecule has 0 unspecified atom stereocenters. The fourth-order valence-corrected chi connectivity index (χ4v) is 1.31. The Bertz CT molecular complexity index is 379. The smallest absolute Gasteiger partial charge is 0.308 e. The molecule has 0 aliphatic heterocycles. The topological polar surface area (TPSA) is 70.8 Å². The second-order valence-corrected chi connectivity index (χ2v) is 3.36. The van der Waals surface area contributed by atoms with Crippen molar-refractivity contribution in [1.82, 2.24) is 0 Å². The highest BCUT2D eigenvalue weighted by Crippen LogP contribution is 2.27. The molecular formula is C12H17NO4. The van der Waals surface area contributed by atoms with Crippen molar-refractivity contribution in [3.05, 3.63) is 23.8 Å². The monoisotopic (exact) mass is 239 g/mol. The van der Waals surface area contributed by atoms with Gasteiger partial charge in [0.05, 0.1) is 27.2 Å². The van der Waals surface area contributed by atoms with Crippen LogP contribution in [0.5, 0.6) is 11.5 Å². The van der Waals surface area contributed by atoms with Crippen LogP contribution in [0.2, 0.25) is 0 Å². The van der Waals surface area contributed by atoms with Crippen LogP contribution >= 0.6 is 0 Å². The minimum atomic E-state index is -0.307. The lowest BCUT2D eigenvalue weighted by Crippen LogP contribution is -2.08. The van der Waals surface area contributed by atoms with E-state index in [1.54, 1.807) is 19.2 Å². The first-order valence-corrected chi connectivity index (χ1v) is 5.28. The van der Waals surface area contributed by atoms with Crippen molar-refractivity contribution < 1.29 is 19.0 Å². The molecule has 0 atom stereocenters. The first kappa shape index (κ1) is 13.3. The van der Waals surface area contributed by atoms with Crippen molar-refractivity contribution in [2.45, 2.75) is 13.0 Å². The van der Waals surface area contributed by atoms with E-state index in [9.17, 15) is 4.79 Å². The van der Waals surface area contributed by atoms with Crippen molar-refractivity contribution in [1.29, 1.82) is 0 Å². The number of esters is 1. The van der Waals surface area contributed by atoms with Crippen molar-refractivity contribution in [2.24, 2.45) is 5.73 Å². The molecule has 0 bridgehead atoms. The molecule has 0 amide bonds. The first-order chi connectivity index (χ1) is 8.21. The zero-order valence-electron chi connectivity index (χ0n) is 10.1. The molecule has 17 heavy (non-hydrogen) atoms. The number of hydrogen-bond donors (Lipinski definition) is 1. The van der Waals surface area contributed by atoms with Gasteiger partial charge in [-0.2, -0.15) is 0 Å². The molecule has 0 heterocycles. The van der Waals surface area contributed by atoms with Crippen LogP contribution < -0.4 is 15.2 Å². The van der Waals surface area contributed by atoms with Gasteiger partial charge in [-0.05, 0) is 17.7 Å². The van der Waals surface area contributed by atoms with Crippen molar-refractivity contribution in [3.8, 4) is 11.5 Å². The van der Waals surface area contributed by atoms with Gasteiger partial charge in [-0.15, -0.1) is 0 Å². The summed E-state index contributed by atoms with van der Waals surface area (Å²) >= 11 is 0. The summed E-state index contributed by atoms with van der Waals surface area (Å²) in [6, 6.07) is 5.46. The van der Waals surface area contributed by atoms with Crippen molar-refractivity contribution >= 4 is 5.97 Å². The summed E-state index contributed by atoms with van der Waals surface area (Å²) in [5.41, 5.74) is 6.48. The summed E-state index contributed by atoms with van der Waals surface area (Å²) in [6.07, 6.45) is 0.201. The molecule has 0 aliphatic carbocycles. The van der Waals surface area contributed by atoms with Crippen LogP contribution in [0, 0.1) is 0 Å². The van der Waals surface area contributed by atoms with Crippen molar-refractivity contribution in [3.63, 3.8) is 0 Å². The Kier molecular flexibility index (Phi) is 5.29. The fourth-order valence-electron chi connectivity index (χ4n) is 1.31. The number of rotatable bonds is 6. The maximum Gasteiger partial charge on any atom is 0.308 e. The second-order valence-electron chi connectivity index (χ2n) is 3.36. The van der Waals surface area contributed by atoms with Gasteiger partial charge < -0.3 is 19.9 Å². The minimum absolute atomic E-state index is 0.201. The second kappa shape index (κ2) is 6.75. The van der Waals surface area contributed by atoms with Crippen LogP contribution in [0.15, 0.2) is 18.2 Å². The van der Waals surface area contributed by atoms with Gasteiger partial charge in [0.2, 0.25) is 0 Å². The maximum absolute atomic E-state index is 10.9. The van der Waals surface area contributed by atoms with E-state index in [2.05, 4.69) is 4.74 Å². The van der Waals surface area contributed by atoms with Gasteiger partial charge in [0.15, 0.2) is 11.5 Å². The van der Waals surface area contributed by atoms with Crippen LogP contribution in [0.1, 0.15) is 12.0 Å². The predicted octanol–water partition coefficient (Wildman–Crippen LogP) is 1.10. The third-order valence-corrected chi connectivity index (χ3v) is 2.26. The molecular weight excluding hydrogens is 222 g/mol. The molecule has 0 aromatic heterocycles. The Balaban J connectivity index is 2.64. The zero-order chi connectivity index (χ0) is 12.7. The molecule has 0 aliphatic rings. The van der Waals surface area contributed by atoms with Crippen LogP contribution in [0.25, 0.3) is 0 Å². The average Bonchev–Trinajstić information content (AvgIpc) is 2.38. The predicted molar refractivity (Wildman–Crippen MR) is 63.0 cm³/mol. The van der Waals surface area contributed by atoms with Gasteiger partial charge >= 0.3 is 5.97 Å². The molecule has 1 aromatic carbocycles. The lowest BCUT2D eigenvalue weighted by Gasteiger charge is -2.11. The summed E-state index contributed by atoms with van der Waals surface area (Å²) in [5.74, 6) is 0.894. The number of carbonyl (C=O) groups is 1. The lowest BCUT2D eigenvalue weighted by molar-refractivity contribution is -0.141. The summed E-state index contributed by atoms with van der Waals surface area (Å²) < 4.78 is 15.1. The van der Waals surface area contributed by atoms with E-state index in [4.69, 9.17) is 15.2 Å². The maximum atomic E-state index is 10.9. The quantitative estimate of drug-likeness (QED) is 0.752. The number of ether oxygens (including phenoxy) is 3. The van der Waals surface area contributed by atoms with Gasteiger partial charge in [0.25, 0.3) is 0 Å². The molecule has 94 valence electrons. The van der Waals surface area contributed by atoms with Crippen LogP contribution in [-0.4, -0.2) is 26.8 Å². The molecule has 5 nitrogen and oxygen atoms in total. The van der Waals surface area contributed by atoms with Gasteiger partial charge in [-0.25, -0.2) is 0 Å². The van der Waals surface area contributed by atoms with Gasteiger partial charge in [0.1, 0.15) is 0 Å². The Hall–Kier alpha value is -1.75. The first-order valence-electron chi connectivity index (χ1n) is 5.28. The van der Waals surface area contributed by atoms with Gasteiger partial charge in [-0.3, -0.25) is 4.79 Å². The summed E-state index contributed by atoms with van der Waals surface area (Å²) in [6.45, 7) is 0.675. The minimum Gasteiger partial charge on any atom is -0.493 e. The Labute approximate surface area is 100 Å². The Morgan fingerprint density at radius 1 is 1.29 bits per heavy atom. The third kappa shape index (κ3) is 3.96. The largest absolute Gasteiger partial charge is 0.493 e. The molecule has 0 spiro atoms. The highest BCUT2D eigenvalue weighted by molar-refractivity contribution is 5.69. The highest BCUT2D eigenvalue weighted by Gasteiger charge is 2.07. The number of nitrogens with two attached hydrogens (primary N) is 1. The standard InChI is InChI=1S/C12H17NO4/c1-15-10-4-3-9(8-13)7-11(10)17-6-5-12(14)16-2/h3-4,7H,5-6,8,13H2,1-2H3. The summed E-state index contributed by atoms with van der Waals surface area (Å²) in [4.78, 5) is 10.9. The molecule has 0 radical (unpaired) electrons. The van der Waals surface area contributed by atoms with Crippen molar-refractivity contribution in [2.75, 3.05) is 20.8 Å². The van der Waals surface area contributed by atoms with Crippen LogP contribution in [-0.2, 0) is 16.1 Å². The molecule has 0 fully saturated rings. The van der Waals surface area contributed by atoms with E-state index in [1.165, 1.54) is 7.11 Å². The van der Waals surface area contributed by atoms with Gasteiger partial charge in [0, 0.05) is 6.54 Å².